The van der Waals surface area contributed by atoms with Crippen molar-refractivity contribution in [3.63, 3.8) is 0 Å². The molecule has 0 fully saturated rings. The van der Waals surface area contributed by atoms with E-state index in [1.165, 1.54) is 24.5 Å². The lowest BCUT2D eigenvalue weighted by atomic mass is 9.78. The number of alkyl halides is 6. The van der Waals surface area contributed by atoms with Gasteiger partial charge in [0.25, 0.3) is 0 Å². The van der Waals surface area contributed by atoms with Crippen molar-refractivity contribution < 1.29 is 36.2 Å². The molecule has 3 heterocycles. The van der Waals surface area contributed by atoms with Crippen LogP contribution in [0.1, 0.15) is 45.4 Å². The first-order valence-electron chi connectivity index (χ1n) is 10.8. The van der Waals surface area contributed by atoms with Crippen molar-refractivity contribution in [3.8, 4) is 0 Å². The number of amides is 1. The Morgan fingerprint density at radius 2 is 1.34 bits per heavy atom. The Morgan fingerprint density at radius 3 is 1.91 bits per heavy atom. The summed E-state index contributed by atoms with van der Waals surface area (Å²) >= 11 is 0. The number of rotatable bonds is 3. The highest BCUT2D eigenvalue weighted by molar-refractivity contribution is 5.98. The van der Waals surface area contributed by atoms with Gasteiger partial charge < -0.3 is 10.0 Å². The van der Waals surface area contributed by atoms with E-state index in [2.05, 4.69) is 4.98 Å². The second-order valence-corrected chi connectivity index (χ2v) is 8.69. The van der Waals surface area contributed by atoms with Gasteiger partial charge in [0.15, 0.2) is 0 Å². The average molecular weight is 492 g/mol. The van der Waals surface area contributed by atoms with Gasteiger partial charge in [-0.15, -0.1) is 0 Å². The fourth-order valence-corrected chi connectivity index (χ4v) is 4.91. The summed E-state index contributed by atoms with van der Waals surface area (Å²) in [6.45, 7) is 0.428. The van der Waals surface area contributed by atoms with Crippen LogP contribution in [0.4, 0.5) is 32.0 Å². The van der Waals surface area contributed by atoms with Crippen molar-refractivity contribution in [2.45, 2.75) is 37.2 Å². The highest BCUT2D eigenvalue weighted by Gasteiger charge is 2.43. The fourth-order valence-electron chi connectivity index (χ4n) is 4.91. The zero-order valence-corrected chi connectivity index (χ0v) is 18.0. The Balaban J connectivity index is 1.79. The molecule has 35 heavy (non-hydrogen) atoms. The summed E-state index contributed by atoms with van der Waals surface area (Å²) in [5, 5.41) is 12.0. The molecule has 3 aromatic rings. The van der Waals surface area contributed by atoms with Gasteiger partial charge in [-0.2, -0.15) is 26.3 Å². The summed E-state index contributed by atoms with van der Waals surface area (Å²) in [6.07, 6.45) is -6.52. The van der Waals surface area contributed by atoms with Crippen LogP contribution in [0.2, 0.25) is 0 Å². The molecule has 2 aliphatic rings. The van der Waals surface area contributed by atoms with E-state index >= 15 is 0 Å². The average Bonchev–Trinajstić information content (AvgIpc) is 3.25. The summed E-state index contributed by atoms with van der Waals surface area (Å²) in [7, 11) is 0. The first kappa shape index (κ1) is 23.3. The number of carbonyl (C=O) groups is 1. The molecular formula is C25H18F6N2O2. The smallest absolute Gasteiger partial charge is 0.376 e. The molecule has 0 radical (unpaired) electrons. The third kappa shape index (κ3) is 3.85. The predicted molar refractivity (Wildman–Crippen MR) is 114 cm³/mol. The summed E-state index contributed by atoms with van der Waals surface area (Å²) in [4.78, 5) is 17.8. The quantitative estimate of drug-likeness (QED) is 0.509. The minimum atomic E-state index is -5.07. The van der Waals surface area contributed by atoms with Gasteiger partial charge in [-0.25, -0.2) is 0 Å². The Bertz CT molecular complexity index is 1290. The van der Waals surface area contributed by atoms with Crippen LogP contribution in [0.5, 0.6) is 0 Å². The standard InChI is InChI=1S/C25H18F6N2O2/c26-24(27,28)19-10-18(11-20(12-19)25(29,30)31)23(35,16-2-1-6-32-13-16)17-8-14-3-4-21(34)33-7-5-15(9-17)22(14)33/h1-2,6,8-13,35H,3-5,7H2. The topological polar surface area (TPSA) is 53.4 Å². The Morgan fingerprint density at radius 1 is 0.771 bits per heavy atom. The number of pyridine rings is 1. The molecule has 2 aromatic carbocycles. The number of aliphatic hydroxyl groups is 1. The van der Waals surface area contributed by atoms with Gasteiger partial charge in [-0.3, -0.25) is 9.78 Å². The number of benzene rings is 2. The maximum absolute atomic E-state index is 13.6. The molecule has 1 atom stereocenters. The van der Waals surface area contributed by atoms with Crippen LogP contribution in [-0.4, -0.2) is 22.5 Å². The number of aryl methyl sites for hydroxylation is 1. The summed E-state index contributed by atoms with van der Waals surface area (Å²) in [5.41, 5.74) is -3.75. The minimum absolute atomic E-state index is 0.0151. The van der Waals surface area contributed by atoms with Gasteiger partial charge in [0.2, 0.25) is 5.91 Å². The molecule has 4 nitrogen and oxygen atoms in total. The van der Waals surface area contributed by atoms with Crippen molar-refractivity contribution in [2.24, 2.45) is 0 Å². The number of nitrogens with zero attached hydrogens (tertiary/aromatic N) is 2. The zero-order chi connectivity index (χ0) is 25.2. The van der Waals surface area contributed by atoms with E-state index in [4.69, 9.17) is 0 Å². The Hall–Kier alpha value is -3.40. The zero-order valence-electron chi connectivity index (χ0n) is 18.0. The van der Waals surface area contributed by atoms with Crippen LogP contribution in [-0.2, 0) is 35.6 Å². The lowest BCUT2D eigenvalue weighted by molar-refractivity contribution is -0.143. The van der Waals surface area contributed by atoms with Crippen LogP contribution in [0.25, 0.3) is 0 Å². The number of anilines is 1. The molecular weight excluding hydrogens is 474 g/mol. The van der Waals surface area contributed by atoms with Crippen molar-refractivity contribution in [1.29, 1.82) is 0 Å². The summed E-state index contributed by atoms with van der Waals surface area (Å²) in [6, 6.07) is 7.06. The summed E-state index contributed by atoms with van der Waals surface area (Å²) < 4.78 is 81.7. The van der Waals surface area contributed by atoms with Gasteiger partial charge >= 0.3 is 12.4 Å². The molecule has 2 aliphatic heterocycles. The number of hydrogen-bond acceptors (Lipinski definition) is 3. The third-order valence-corrected chi connectivity index (χ3v) is 6.55. The number of carbonyl (C=O) groups excluding carboxylic acids is 1. The van der Waals surface area contributed by atoms with Gasteiger partial charge in [0.1, 0.15) is 5.60 Å². The molecule has 0 spiro atoms. The Kier molecular flexibility index (Phi) is 5.21. The number of aromatic nitrogens is 1. The first-order valence-corrected chi connectivity index (χ1v) is 10.8. The lowest BCUT2D eigenvalue weighted by Crippen LogP contribution is -2.34. The van der Waals surface area contributed by atoms with Gasteiger partial charge in [-0.1, -0.05) is 18.2 Å². The monoisotopic (exact) mass is 492 g/mol. The second kappa shape index (κ2) is 7.81. The predicted octanol–water partition coefficient (Wildman–Crippen LogP) is 5.24. The van der Waals surface area contributed by atoms with Gasteiger partial charge in [-0.05, 0) is 59.4 Å². The van der Waals surface area contributed by atoms with Crippen LogP contribution in [0.3, 0.4) is 0 Å². The lowest BCUT2D eigenvalue weighted by Gasteiger charge is -2.33. The first-order chi connectivity index (χ1) is 16.4. The van der Waals surface area contributed by atoms with E-state index in [0.29, 0.717) is 48.3 Å². The molecule has 182 valence electrons. The highest BCUT2D eigenvalue weighted by Crippen LogP contribution is 2.46. The minimum Gasteiger partial charge on any atom is -0.376 e. The van der Waals surface area contributed by atoms with Crippen molar-refractivity contribution >= 4 is 11.6 Å². The number of hydrogen-bond donors (Lipinski definition) is 1. The van der Waals surface area contributed by atoms with Gasteiger partial charge in [0.05, 0.1) is 16.8 Å². The van der Waals surface area contributed by atoms with Crippen molar-refractivity contribution in [1.82, 2.24) is 4.98 Å². The normalized spacial score (nSPS) is 17.3. The molecule has 0 saturated heterocycles. The molecule has 1 amide bonds. The molecule has 5 rings (SSSR count). The van der Waals surface area contributed by atoms with E-state index in [-0.39, 0.29) is 29.5 Å². The van der Waals surface area contributed by atoms with Crippen LogP contribution in [0.15, 0.2) is 54.9 Å². The second-order valence-electron chi connectivity index (χ2n) is 8.69. The van der Waals surface area contributed by atoms with E-state index in [1.54, 1.807) is 17.0 Å². The molecule has 0 aliphatic carbocycles. The van der Waals surface area contributed by atoms with Gasteiger partial charge in [0, 0.05) is 30.9 Å². The third-order valence-electron chi connectivity index (χ3n) is 6.55. The van der Waals surface area contributed by atoms with E-state index < -0.39 is 34.6 Å². The summed E-state index contributed by atoms with van der Waals surface area (Å²) in [5.74, 6) is -0.0424. The number of halogens is 6. The maximum Gasteiger partial charge on any atom is 0.416 e. The van der Waals surface area contributed by atoms with Crippen LogP contribution in [0, 0.1) is 0 Å². The molecule has 0 saturated carbocycles. The molecule has 1 N–H and O–H groups in total. The molecule has 1 unspecified atom stereocenters. The molecule has 10 heteroatoms. The Labute approximate surface area is 195 Å². The van der Waals surface area contributed by atoms with E-state index in [9.17, 15) is 36.2 Å². The van der Waals surface area contributed by atoms with Crippen molar-refractivity contribution in [3.05, 3.63) is 93.8 Å². The largest absolute Gasteiger partial charge is 0.416 e. The molecule has 0 bridgehead atoms. The molecule has 1 aromatic heterocycles. The maximum atomic E-state index is 13.6. The van der Waals surface area contributed by atoms with Crippen LogP contribution < -0.4 is 4.90 Å². The van der Waals surface area contributed by atoms with Crippen molar-refractivity contribution in [2.75, 3.05) is 11.4 Å². The van der Waals surface area contributed by atoms with E-state index in [0.717, 1.165) is 0 Å². The van der Waals surface area contributed by atoms with Crippen LogP contribution >= 0.6 is 0 Å². The highest BCUT2D eigenvalue weighted by atomic mass is 19.4. The SMILES string of the molecule is O=C1CCc2cc(C(O)(c3cccnc3)c3cc(C(F)(F)F)cc(C(F)(F)F)c3)cc3c2N1CC3. The van der Waals surface area contributed by atoms with E-state index in [1.807, 2.05) is 0 Å². The fraction of sp³-hybridized carbons (Fsp3) is 0.280.